The van der Waals surface area contributed by atoms with Crippen LogP contribution in [0.25, 0.3) is 0 Å². The molecule has 0 unspecified atom stereocenters. The summed E-state index contributed by atoms with van der Waals surface area (Å²) in [6.45, 7) is 14.1. The largest absolute Gasteiger partial charge is 0.383 e. The van der Waals surface area contributed by atoms with Gasteiger partial charge in [-0.2, -0.15) is 0 Å². The molecule has 0 bridgehead atoms. The summed E-state index contributed by atoms with van der Waals surface area (Å²) < 4.78 is 0. The van der Waals surface area contributed by atoms with Gasteiger partial charge in [-0.05, 0) is 30.6 Å². The summed E-state index contributed by atoms with van der Waals surface area (Å²) in [5.74, 6) is 2.83. The SMILES string of the molecule is Cc1nc(N)c(C)c(NCC2C(C)(C)C2(C)C)n1. The molecule has 0 amide bonds. The number of aromatic nitrogens is 2. The van der Waals surface area contributed by atoms with Crippen LogP contribution in [-0.4, -0.2) is 16.5 Å². The van der Waals surface area contributed by atoms with Gasteiger partial charge in [0.1, 0.15) is 17.5 Å². The Bertz CT molecular complexity index is 463. The van der Waals surface area contributed by atoms with Gasteiger partial charge >= 0.3 is 0 Å². The fourth-order valence-corrected chi connectivity index (χ4v) is 2.86. The highest BCUT2D eigenvalue weighted by Gasteiger charge is 2.64. The van der Waals surface area contributed by atoms with Crippen LogP contribution in [0.1, 0.15) is 39.1 Å². The lowest BCUT2D eigenvalue weighted by Gasteiger charge is -2.11. The third-order valence-electron chi connectivity index (χ3n) is 5.09. The number of anilines is 2. The van der Waals surface area contributed by atoms with E-state index >= 15 is 0 Å². The number of rotatable bonds is 3. The number of aryl methyl sites for hydroxylation is 1. The molecule has 1 aliphatic carbocycles. The third kappa shape index (κ3) is 1.84. The van der Waals surface area contributed by atoms with Crippen molar-refractivity contribution in [3.05, 3.63) is 11.4 Å². The molecule has 1 saturated carbocycles. The number of hydrogen-bond donors (Lipinski definition) is 2. The minimum atomic E-state index is 0.390. The van der Waals surface area contributed by atoms with Gasteiger partial charge in [-0.1, -0.05) is 27.7 Å². The van der Waals surface area contributed by atoms with Crippen LogP contribution in [0.2, 0.25) is 0 Å². The van der Waals surface area contributed by atoms with Gasteiger partial charge in [0.05, 0.1) is 0 Å². The number of nitrogens with zero attached hydrogens (tertiary/aromatic N) is 2. The zero-order chi connectivity index (χ0) is 13.7. The molecule has 0 spiro atoms. The van der Waals surface area contributed by atoms with Crippen molar-refractivity contribution < 1.29 is 0 Å². The highest BCUT2D eigenvalue weighted by molar-refractivity contribution is 5.54. The van der Waals surface area contributed by atoms with Gasteiger partial charge < -0.3 is 11.1 Å². The first-order valence-corrected chi connectivity index (χ1v) is 6.52. The molecule has 0 aliphatic heterocycles. The molecule has 1 aromatic rings. The second kappa shape index (κ2) is 3.84. The maximum absolute atomic E-state index is 5.86. The molecule has 0 radical (unpaired) electrons. The van der Waals surface area contributed by atoms with Gasteiger partial charge in [-0.3, -0.25) is 0 Å². The zero-order valence-corrected chi connectivity index (χ0v) is 12.3. The Morgan fingerprint density at radius 3 is 2.17 bits per heavy atom. The monoisotopic (exact) mass is 248 g/mol. The van der Waals surface area contributed by atoms with Crippen molar-refractivity contribution in [2.24, 2.45) is 16.7 Å². The molecule has 0 saturated heterocycles. The molecular formula is C14H24N4. The van der Waals surface area contributed by atoms with E-state index < -0.39 is 0 Å². The molecule has 4 heteroatoms. The van der Waals surface area contributed by atoms with Crippen LogP contribution in [0, 0.1) is 30.6 Å². The van der Waals surface area contributed by atoms with Crippen molar-refractivity contribution in [3.63, 3.8) is 0 Å². The van der Waals surface area contributed by atoms with Crippen molar-refractivity contribution in [1.82, 2.24) is 9.97 Å². The molecule has 0 atom stereocenters. The molecule has 1 aromatic heterocycles. The Hall–Kier alpha value is -1.32. The van der Waals surface area contributed by atoms with Crippen LogP contribution < -0.4 is 11.1 Å². The van der Waals surface area contributed by atoms with Gasteiger partial charge in [0.2, 0.25) is 0 Å². The fraction of sp³-hybridized carbons (Fsp3) is 0.714. The second-order valence-corrected chi connectivity index (χ2v) is 6.51. The number of hydrogen-bond acceptors (Lipinski definition) is 4. The second-order valence-electron chi connectivity index (χ2n) is 6.51. The van der Waals surface area contributed by atoms with E-state index in [0.29, 0.717) is 22.6 Å². The van der Waals surface area contributed by atoms with Gasteiger partial charge in [0, 0.05) is 12.1 Å². The number of nitrogens with two attached hydrogens (primary N) is 1. The fourth-order valence-electron chi connectivity index (χ4n) is 2.86. The van der Waals surface area contributed by atoms with Crippen LogP contribution in [0.3, 0.4) is 0 Å². The average molecular weight is 248 g/mol. The van der Waals surface area contributed by atoms with Crippen molar-refractivity contribution in [3.8, 4) is 0 Å². The lowest BCUT2D eigenvalue weighted by atomic mass is 10.0. The number of nitrogen functional groups attached to an aromatic ring is 1. The Morgan fingerprint density at radius 2 is 1.67 bits per heavy atom. The predicted molar refractivity (Wildman–Crippen MR) is 75.5 cm³/mol. The van der Waals surface area contributed by atoms with Crippen molar-refractivity contribution in [1.29, 1.82) is 0 Å². The first-order chi connectivity index (χ1) is 8.18. The smallest absolute Gasteiger partial charge is 0.134 e. The van der Waals surface area contributed by atoms with Crippen LogP contribution >= 0.6 is 0 Å². The topological polar surface area (TPSA) is 63.8 Å². The molecule has 0 aromatic carbocycles. The van der Waals surface area contributed by atoms with Crippen LogP contribution in [-0.2, 0) is 0 Å². The van der Waals surface area contributed by atoms with Crippen molar-refractivity contribution >= 4 is 11.6 Å². The van der Waals surface area contributed by atoms with E-state index in [9.17, 15) is 0 Å². The molecule has 1 aliphatic rings. The molecule has 4 nitrogen and oxygen atoms in total. The Labute approximate surface area is 109 Å². The third-order valence-corrected chi connectivity index (χ3v) is 5.09. The predicted octanol–water partition coefficient (Wildman–Crippen LogP) is 2.77. The molecule has 100 valence electrons. The maximum atomic E-state index is 5.86. The van der Waals surface area contributed by atoms with E-state index in [1.165, 1.54) is 0 Å². The van der Waals surface area contributed by atoms with Crippen LogP contribution in [0.5, 0.6) is 0 Å². The average Bonchev–Trinajstić information content (AvgIpc) is 2.62. The minimum absolute atomic E-state index is 0.390. The lowest BCUT2D eigenvalue weighted by Crippen LogP contribution is -2.12. The standard InChI is InChI=1S/C14H24N4/c1-8-11(15)17-9(2)18-12(8)16-7-10-13(3,4)14(10,5)6/h10H,7H2,1-6H3,(H3,15,16,17,18). The van der Waals surface area contributed by atoms with E-state index in [2.05, 4.69) is 43.0 Å². The lowest BCUT2D eigenvalue weighted by molar-refractivity contribution is 0.457. The van der Waals surface area contributed by atoms with E-state index in [1.807, 2.05) is 13.8 Å². The molecule has 3 N–H and O–H groups in total. The summed E-state index contributed by atoms with van der Waals surface area (Å²) in [5, 5.41) is 3.44. The van der Waals surface area contributed by atoms with E-state index in [0.717, 1.165) is 23.8 Å². The highest BCUT2D eigenvalue weighted by Crippen LogP contribution is 2.68. The molecular weight excluding hydrogens is 224 g/mol. The van der Waals surface area contributed by atoms with Crippen LogP contribution in [0.4, 0.5) is 11.6 Å². The van der Waals surface area contributed by atoms with Crippen molar-refractivity contribution in [2.45, 2.75) is 41.5 Å². The van der Waals surface area contributed by atoms with Gasteiger partial charge in [0.25, 0.3) is 0 Å². The molecule has 1 heterocycles. The Balaban J connectivity index is 2.09. The minimum Gasteiger partial charge on any atom is -0.383 e. The molecule has 18 heavy (non-hydrogen) atoms. The summed E-state index contributed by atoms with van der Waals surface area (Å²) in [5.41, 5.74) is 7.58. The summed E-state index contributed by atoms with van der Waals surface area (Å²) in [7, 11) is 0. The van der Waals surface area contributed by atoms with Gasteiger partial charge in [-0.15, -0.1) is 0 Å². The Morgan fingerprint density at radius 1 is 1.11 bits per heavy atom. The summed E-state index contributed by atoms with van der Waals surface area (Å²) >= 11 is 0. The highest BCUT2D eigenvalue weighted by atomic mass is 15.1. The molecule has 2 rings (SSSR count). The zero-order valence-electron chi connectivity index (χ0n) is 12.3. The normalized spacial score (nSPS) is 20.8. The summed E-state index contributed by atoms with van der Waals surface area (Å²) in [6, 6.07) is 0. The van der Waals surface area contributed by atoms with E-state index in [1.54, 1.807) is 0 Å². The Kier molecular flexibility index (Phi) is 2.80. The van der Waals surface area contributed by atoms with E-state index in [-0.39, 0.29) is 0 Å². The number of nitrogens with one attached hydrogen (secondary N) is 1. The van der Waals surface area contributed by atoms with E-state index in [4.69, 9.17) is 5.73 Å². The quantitative estimate of drug-likeness (QED) is 0.863. The first kappa shape index (κ1) is 13.1. The van der Waals surface area contributed by atoms with Crippen molar-refractivity contribution in [2.75, 3.05) is 17.6 Å². The first-order valence-electron chi connectivity index (χ1n) is 6.52. The molecule has 1 fully saturated rings. The van der Waals surface area contributed by atoms with Gasteiger partial charge in [0.15, 0.2) is 0 Å². The van der Waals surface area contributed by atoms with Crippen LogP contribution in [0.15, 0.2) is 0 Å². The maximum Gasteiger partial charge on any atom is 0.134 e. The van der Waals surface area contributed by atoms with Gasteiger partial charge in [-0.25, -0.2) is 9.97 Å². The summed E-state index contributed by atoms with van der Waals surface area (Å²) in [6.07, 6.45) is 0. The summed E-state index contributed by atoms with van der Waals surface area (Å²) in [4.78, 5) is 8.59.